The van der Waals surface area contributed by atoms with Gasteiger partial charge >= 0.3 is 12.2 Å². The molecule has 208 valence electrons. The third-order valence-corrected chi connectivity index (χ3v) is 6.22. The normalized spacial score (nSPS) is 13.1. The van der Waals surface area contributed by atoms with E-state index in [0.29, 0.717) is 34.6 Å². The highest BCUT2D eigenvalue weighted by molar-refractivity contribution is 6.30. The number of fused-ring (bicyclic) bond motifs is 1. The molecular formula is C28H30ClN7O4. The van der Waals surface area contributed by atoms with Gasteiger partial charge in [0.25, 0.3) is 0 Å². The van der Waals surface area contributed by atoms with Gasteiger partial charge in [-0.05, 0) is 69.4 Å². The van der Waals surface area contributed by atoms with E-state index in [-0.39, 0.29) is 12.4 Å². The first-order valence-electron chi connectivity index (χ1n) is 12.9. The summed E-state index contributed by atoms with van der Waals surface area (Å²) in [6.07, 6.45) is 6.60. The molecule has 1 fully saturated rings. The first-order valence-corrected chi connectivity index (χ1v) is 13.2. The van der Waals surface area contributed by atoms with Crippen molar-refractivity contribution in [3.63, 3.8) is 0 Å². The molecule has 0 bridgehead atoms. The lowest BCUT2D eigenvalue weighted by atomic mass is 10.2. The number of pyridine rings is 1. The van der Waals surface area contributed by atoms with Crippen LogP contribution in [-0.2, 0) is 22.6 Å². The van der Waals surface area contributed by atoms with Crippen LogP contribution in [0.5, 0.6) is 0 Å². The van der Waals surface area contributed by atoms with Crippen LogP contribution in [0.2, 0.25) is 5.02 Å². The summed E-state index contributed by atoms with van der Waals surface area (Å²) in [4.78, 5) is 37.6. The Balaban J connectivity index is 1.15. The van der Waals surface area contributed by atoms with Crippen LogP contribution in [0.25, 0.3) is 5.65 Å². The standard InChI is InChI=1S/C28H30ClN7O4/c1-28(2,3)40-27(38)34-22-8-7-20(29)10-19(22)15-39-26(37)35-24-11-23(31-16-32-24)30-12-21-14-36-13-18(17-4-5-17)6-9-25(36)33-21/h6-11,13-14,16-17H,4-5,12,15H2,1-3H3,(H,34,38)(H2,30,31,32,35,37). The van der Waals surface area contributed by atoms with Crippen LogP contribution >= 0.6 is 11.6 Å². The number of ether oxygens (including phenoxy) is 2. The number of amides is 2. The smallest absolute Gasteiger partial charge is 0.413 e. The van der Waals surface area contributed by atoms with Gasteiger partial charge in [0.05, 0.1) is 17.9 Å². The number of aromatic nitrogens is 4. The van der Waals surface area contributed by atoms with Crippen molar-refractivity contribution in [1.82, 2.24) is 19.4 Å². The van der Waals surface area contributed by atoms with Gasteiger partial charge in [-0.3, -0.25) is 10.6 Å². The second kappa shape index (κ2) is 11.4. The number of carbonyl (C=O) groups excluding carboxylic acids is 2. The Hall–Kier alpha value is -4.38. The van der Waals surface area contributed by atoms with Gasteiger partial charge in [-0.1, -0.05) is 17.7 Å². The maximum Gasteiger partial charge on any atom is 0.413 e. The second-order valence-electron chi connectivity index (χ2n) is 10.5. The van der Waals surface area contributed by atoms with Gasteiger partial charge in [-0.25, -0.2) is 24.5 Å². The summed E-state index contributed by atoms with van der Waals surface area (Å²) in [6.45, 7) is 5.59. The molecule has 1 aromatic carbocycles. The minimum atomic E-state index is -0.736. The van der Waals surface area contributed by atoms with Crippen molar-refractivity contribution in [1.29, 1.82) is 0 Å². The molecule has 1 aliphatic carbocycles. The molecule has 5 rings (SSSR count). The first-order chi connectivity index (χ1) is 19.1. The largest absolute Gasteiger partial charge is 0.444 e. The van der Waals surface area contributed by atoms with E-state index in [9.17, 15) is 9.59 Å². The predicted octanol–water partition coefficient (Wildman–Crippen LogP) is 6.36. The molecule has 3 N–H and O–H groups in total. The molecule has 3 heterocycles. The van der Waals surface area contributed by atoms with Crippen LogP contribution in [0.4, 0.5) is 26.9 Å². The zero-order valence-electron chi connectivity index (χ0n) is 22.4. The van der Waals surface area contributed by atoms with Gasteiger partial charge in [0.15, 0.2) is 0 Å². The van der Waals surface area contributed by atoms with Crippen molar-refractivity contribution in [2.24, 2.45) is 0 Å². The van der Waals surface area contributed by atoms with Crippen molar-refractivity contribution in [2.45, 2.75) is 58.3 Å². The van der Waals surface area contributed by atoms with E-state index in [2.05, 4.69) is 43.2 Å². The summed E-state index contributed by atoms with van der Waals surface area (Å²) in [5.41, 5.74) is 3.33. The molecule has 3 aromatic heterocycles. The summed E-state index contributed by atoms with van der Waals surface area (Å²) in [7, 11) is 0. The van der Waals surface area contributed by atoms with Crippen molar-refractivity contribution >= 4 is 46.8 Å². The number of benzene rings is 1. The molecule has 0 saturated heterocycles. The zero-order chi connectivity index (χ0) is 28.3. The average Bonchev–Trinajstić information content (AvgIpc) is 3.66. The van der Waals surface area contributed by atoms with Crippen LogP contribution in [-0.4, -0.2) is 37.1 Å². The number of hydrogen-bond donors (Lipinski definition) is 3. The summed E-state index contributed by atoms with van der Waals surface area (Å²) >= 11 is 6.11. The van der Waals surface area contributed by atoms with Gasteiger partial charge in [0.2, 0.25) is 0 Å². The number of hydrogen-bond acceptors (Lipinski definition) is 8. The van der Waals surface area contributed by atoms with Gasteiger partial charge < -0.3 is 19.2 Å². The van der Waals surface area contributed by atoms with E-state index in [0.717, 1.165) is 11.3 Å². The highest BCUT2D eigenvalue weighted by Gasteiger charge is 2.24. The Bertz CT molecular complexity index is 1550. The zero-order valence-corrected chi connectivity index (χ0v) is 23.2. The van der Waals surface area contributed by atoms with E-state index < -0.39 is 17.8 Å². The molecule has 0 aliphatic heterocycles. The Labute approximate surface area is 236 Å². The molecule has 0 atom stereocenters. The van der Waals surface area contributed by atoms with Crippen LogP contribution in [0.3, 0.4) is 0 Å². The fourth-order valence-electron chi connectivity index (χ4n) is 4.01. The quantitative estimate of drug-likeness (QED) is 0.225. The van der Waals surface area contributed by atoms with E-state index >= 15 is 0 Å². The van der Waals surface area contributed by atoms with Crippen molar-refractivity contribution in [2.75, 3.05) is 16.0 Å². The van der Waals surface area contributed by atoms with Crippen LogP contribution in [0.15, 0.2) is 55.1 Å². The molecule has 0 radical (unpaired) electrons. The number of halogens is 1. The topological polar surface area (TPSA) is 132 Å². The number of nitrogens with one attached hydrogen (secondary N) is 3. The Kier molecular flexibility index (Phi) is 7.74. The van der Waals surface area contributed by atoms with Crippen LogP contribution in [0.1, 0.15) is 56.4 Å². The first kappa shape index (κ1) is 27.2. The van der Waals surface area contributed by atoms with E-state index in [1.54, 1.807) is 45.0 Å². The highest BCUT2D eigenvalue weighted by atomic mass is 35.5. The van der Waals surface area contributed by atoms with E-state index in [4.69, 9.17) is 21.1 Å². The molecule has 0 spiro atoms. The molecule has 0 unspecified atom stereocenters. The fraction of sp³-hybridized carbons (Fsp3) is 0.321. The predicted molar refractivity (Wildman–Crippen MR) is 152 cm³/mol. The monoisotopic (exact) mass is 563 g/mol. The molecule has 1 saturated carbocycles. The summed E-state index contributed by atoms with van der Waals surface area (Å²) in [5, 5.41) is 8.87. The van der Waals surface area contributed by atoms with Crippen molar-refractivity contribution < 1.29 is 19.1 Å². The number of carbonyl (C=O) groups is 2. The summed E-state index contributed by atoms with van der Waals surface area (Å²) in [5.74, 6) is 1.44. The Morgan fingerprint density at radius 2 is 1.82 bits per heavy atom. The van der Waals surface area contributed by atoms with Crippen LogP contribution < -0.4 is 16.0 Å². The number of rotatable bonds is 8. The SMILES string of the molecule is CC(C)(C)OC(=O)Nc1ccc(Cl)cc1COC(=O)Nc1cc(NCc2cn3cc(C4CC4)ccc3n2)ncn1. The van der Waals surface area contributed by atoms with E-state index in [1.807, 2.05) is 16.7 Å². The van der Waals surface area contributed by atoms with Crippen molar-refractivity contribution in [3.05, 3.63) is 77.0 Å². The Morgan fingerprint density at radius 3 is 2.60 bits per heavy atom. The van der Waals surface area contributed by atoms with Crippen molar-refractivity contribution in [3.8, 4) is 0 Å². The lowest BCUT2D eigenvalue weighted by Crippen LogP contribution is -2.27. The molecule has 4 aromatic rings. The minimum Gasteiger partial charge on any atom is -0.444 e. The fourth-order valence-corrected chi connectivity index (χ4v) is 4.20. The van der Waals surface area contributed by atoms with Gasteiger partial charge in [0, 0.05) is 29.0 Å². The van der Waals surface area contributed by atoms with Gasteiger partial charge in [0.1, 0.15) is 35.8 Å². The minimum absolute atomic E-state index is 0.149. The number of nitrogens with zero attached hydrogens (tertiary/aromatic N) is 4. The molecule has 12 heteroatoms. The van der Waals surface area contributed by atoms with E-state index in [1.165, 1.54) is 24.7 Å². The molecule has 40 heavy (non-hydrogen) atoms. The van der Waals surface area contributed by atoms with Gasteiger partial charge in [-0.15, -0.1) is 0 Å². The second-order valence-corrected chi connectivity index (χ2v) is 10.9. The van der Waals surface area contributed by atoms with Crippen LogP contribution in [0, 0.1) is 0 Å². The molecule has 2 amide bonds. The van der Waals surface area contributed by atoms with Gasteiger partial charge in [-0.2, -0.15) is 0 Å². The number of imidazole rings is 1. The summed E-state index contributed by atoms with van der Waals surface area (Å²) in [6, 6.07) is 10.6. The summed E-state index contributed by atoms with van der Waals surface area (Å²) < 4.78 is 12.7. The Morgan fingerprint density at radius 1 is 1.02 bits per heavy atom. The number of anilines is 3. The molecular weight excluding hydrogens is 534 g/mol. The maximum absolute atomic E-state index is 12.5. The lowest BCUT2D eigenvalue weighted by Gasteiger charge is -2.20. The average molecular weight is 564 g/mol. The highest BCUT2D eigenvalue weighted by Crippen LogP contribution is 2.39. The lowest BCUT2D eigenvalue weighted by molar-refractivity contribution is 0.0635. The maximum atomic E-state index is 12.5. The third kappa shape index (κ3) is 7.38. The molecule has 1 aliphatic rings. The molecule has 11 nitrogen and oxygen atoms in total. The third-order valence-electron chi connectivity index (χ3n) is 5.98.